The SMILES string of the molecule is CC1(NC(=O)O)CCN(c2ncc(-c3cccc(Cl)c3Cl)c(N)n2)CC1. The second kappa shape index (κ2) is 7.17. The van der Waals surface area contributed by atoms with Crippen LogP contribution in [0.1, 0.15) is 19.8 Å². The summed E-state index contributed by atoms with van der Waals surface area (Å²) >= 11 is 12.3. The third-order valence-corrected chi connectivity index (χ3v) is 5.42. The Labute approximate surface area is 161 Å². The highest BCUT2D eigenvalue weighted by molar-refractivity contribution is 6.43. The molecule has 138 valence electrons. The molecule has 0 unspecified atom stereocenters. The van der Waals surface area contributed by atoms with Gasteiger partial charge in [0.15, 0.2) is 0 Å². The van der Waals surface area contributed by atoms with Crippen LogP contribution in [0.4, 0.5) is 16.6 Å². The molecule has 2 aromatic rings. The molecule has 0 saturated carbocycles. The van der Waals surface area contributed by atoms with Crippen LogP contribution >= 0.6 is 23.2 Å². The van der Waals surface area contributed by atoms with Gasteiger partial charge in [-0.25, -0.2) is 9.78 Å². The van der Waals surface area contributed by atoms with Crippen molar-refractivity contribution >= 4 is 41.1 Å². The van der Waals surface area contributed by atoms with Crippen molar-refractivity contribution < 1.29 is 9.90 Å². The van der Waals surface area contributed by atoms with E-state index in [1.807, 2.05) is 17.9 Å². The number of halogens is 2. The number of aromatic nitrogens is 2. The maximum Gasteiger partial charge on any atom is 0.405 e. The molecule has 0 bridgehead atoms. The van der Waals surface area contributed by atoms with Crippen molar-refractivity contribution in [3.8, 4) is 11.1 Å². The van der Waals surface area contributed by atoms with Crippen LogP contribution in [-0.4, -0.2) is 39.8 Å². The molecule has 0 radical (unpaired) electrons. The van der Waals surface area contributed by atoms with Crippen molar-refractivity contribution in [3.05, 3.63) is 34.4 Å². The first-order chi connectivity index (χ1) is 12.3. The molecule has 0 aliphatic carbocycles. The van der Waals surface area contributed by atoms with Gasteiger partial charge in [0.2, 0.25) is 5.95 Å². The monoisotopic (exact) mass is 395 g/mol. The zero-order valence-electron chi connectivity index (χ0n) is 14.2. The van der Waals surface area contributed by atoms with Crippen LogP contribution in [0, 0.1) is 0 Å². The molecule has 1 aliphatic rings. The van der Waals surface area contributed by atoms with Gasteiger partial charge in [-0.05, 0) is 25.8 Å². The molecule has 1 aromatic carbocycles. The van der Waals surface area contributed by atoms with E-state index >= 15 is 0 Å². The lowest BCUT2D eigenvalue weighted by atomic mass is 9.90. The van der Waals surface area contributed by atoms with Gasteiger partial charge in [0.25, 0.3) is 0 Å². The van der Waals surface area contributed by atoms with Crippen LogP contribution in [0.2, 0.25) is 10.0 Å². The molecule has 0 atom stereocenters. The van der Waals surface area contributed by atoms with Gasteiger partial charge in [-0.3, -0.25) is 0 Å². The van der Waals surface area contributed by atoms with Crippen LogP contribution in [0.5, 0.6) is 0 Å². The van der Waals surface area contributed by atoms with E-state index in [0.29, 0.717) is 58.9 Å². The molecule has 7 nitrogen and oxygen atoms in total. The number of nitrogen functional groups attached to an aromatic ring is 1. The molecule has 0 spiro atoms. The van der Waals surface area contributed by atoms with Crippen LogP contribution in [-0.2, 0) is 0 Å². The number of nitrogens with one attached hydrogen (secondary N) is 1. The molecule has 1 aromatic heterocycles. The third-order valence-electron chi connectivity index (χ3n) is 4.61. The predicted octanol–water partition coefficient (Wildman–Crippen LogP) is 3.66. The first kappa shape index (κ1) is 18.5. The average molecular weight is 396 g/mol. The summed E-state index contributed by atoms with van der Waals surface area (Å²) in [5, 5.41) is 12.4. The largest absolute Gasteiger partial charge is 0.465 e. The van der Waals surface area contributed by atoms with Gasteiger partial charge in [-0.15, -0.1) is 0 Å². The average Bonchev–Trinajstić information content (AvgIpc) is 2.57. The van der Waals surface area contributed by atoms with E-state index in [1.54, 1.807) is 18.3 Å². The predicted molar refractivity (Wildman–Crippen MR) is 103 cm³/mol. The number of carboxylic acid groups (broad SMARTS) is 1. The molecule has 9 heteroatoms. The van der Waals surface area contributed by atoms with Gasteiger partial charge in [-0.2, -0.15) is 4.98 Å². The Morgan fingerprint density at radius 1 is 1.31 bits per heavy atom. The lowest BCUT2D eigenvalue weighted by Crippen LogP contribution is -2.53. The van der Waals surface area contributed by atoms with Gasteiger partial charge >= 0.3 is 6.09 Å². The van der Waals surface area contributed by atoms with Crippen molar-refractivity contribution in [2.75, 3.05) is 23.7 Å². The topological polar surface area (TPSA) is 104 Å². The van der Waals surface area contributed by atoms with Crippen LogP contribution in [0.3, 0.4) is 0 Å². The number of anilines is 2. The fourth-order valence-corrected chi connectivity index (χ4v) is 3.44. The molecule has 1 amide bonds. The number of amides is 1. The first-order valence-electron chi connectivity index (χ1n) is 8.12. The number of benzene rings is 1. The van der Waals surface area contributed by atoms with Crippen LogP contribution < -0.4 is 16.0 Å². The summed E-state index contributed by atoms with van der Waals surface area (Å²) in [6.07, 6.45) is 1.94. The highest BCUT2D eigenvalue weighted by atomic mass is 35.5. The normalized spacial score (nSPS) is 16.3. The van der Waals surface area contributed by atoms with E-state index < -0.39 is 11.6 Å². The lowest BCUT2D eigenvalue weighted by molar-refractivity contribution is 0.173. The van der Waals surface area contributed by atoms with Gasteiger partial charge in [-0.1, -0.05) is 35.3 Å². The molecule has 1 saturated heterocycles. The number of piperidine rings is 1. The molecule has 1 fully saturated rings. The van der Waals surface area contributed by atoms with E-state index in [4.69, 9.17) is 34.0 Å². The Kier molecular flexibility index (Phi) is 5.11. The molecule has 4 N–H and O–H groups in total. The number of nitrogens with two attached hydrogens (primary N) is 1. The molecular formula is C17H19Cl2N5O2. The standard InChI is InChI=1S/C17H19Cl2N5O2/c1-17(23-16(25)26)5-7-24(8-6-17)15-21-9-11(14(20)22-15)10-3-2-4-12(18)13(10)19/h2-4,9,23H,5-8H2,1H3,(H,25,26)(H2,20,21,22). The van der Waals surface area contributed by atoms with Crippen molar-refractivity contribution in [2.45, 2.75) is 25.3 Å². The maximum absolute atomic E-state index is 10.9. The summed E-state index contributed by atoms with van der Waals surface area (Å²) < 4.78 is 0. The van der Waals surface area contributed by atoms with Crippen molar-refractivity contribution in [2.24, 2.45) is 0 Å². The van der Waals surface area contributed by atoms with Gasteiger partial charge in [0.05, 0.1) is 10.0 Å². The van der Waals surface area contributed by atoms with E-state index in [0.717, 1.165) is 0 Å². The number of carbonyl (C=O) groups is 1. The summed E-state index contributed by atoms with van der Waals surface area (Å²) in [4.78, 5) is 21.7. The maximum atomic E-state index is 10.9. The highest BCUT2D eigenvalue weighted by Crippen LogP contribution is 2.36. The van der Waals surface area contributed by atoms with E-state index in [-0.39, 0.29) is 0 Å². The fourth-order valence-electron chi connectivity index (χ4n) is 3.04. The highest BCUT2D eigenvalue weighted by Gasteiger charge is 2.32. The smallest absolute Gasteiger partial charge is 0.405 e. The Morgan fingerprint density at radius 2 is 2.00 bits per heavy atom. The fraction of sp³-hybridized carbons (Fsp3) is 0.353. The first-order valence-corrected chi connectivity index (χ1v) is 8.88. The zero-order chi connectivity index (χ0) is 18.9. The Bertz CT molecular complexity index is 838. The minimum atomic E-state index is -1.01. The van der Waals surface area contributed by atoms with E-state index in [9.17, 15) is 4.79 Å². The molecular weight excluding hydrogens is 377 g/mol. The van der Waals surface area contributed by atoms with Crippen molar-refractivity contribution in [1.29, 1.82) is 0 Å². The van der Waals surface area contributed by atoms with Gasteiger partial charge in [0.1, 0.15) is 5.82 Å². The molecule has 1 aliphatic heterocycles. The quantitative estimate of drug-likeness (QED) is 0.732. The second-order valence-electron chi connectivity index (χ2n) is 6.55. The van der Waals surface area contributed by atoms with Gasteiger partial charge < -0.3 is 21.1 Å². The summed E-state index contributed by atoms with van der Waals surface area (Å²) in [5.74, 6) is 0.831. The summed E-state index contributed by atoms with van der Waals surface area (Å²) in [6.45, 7) is 3.17. The number of nitrogens with zero attached hydrogens (tertiary/aromatic N) is 3. The number of hydrogen-bond donors (Lipinski definition) is 3. The Balaban J connectivity index is 1.79. The second-order valence-corrected chi connectivity index (χ2v) is 7.33. The van der Waals surface area contributed by atoms with Crippen LogP contribution in [0.15, 0.2) is 24.4 Å². The van der Waals surface area contributed by atoms with Crippen LogP contribution in [0.25, 0.3) is 11.1 Å². The summed E-state index contributed by atoms with van der Waals surface area (Å²) in [7, 11) is 0. The Morgan fingerprint density at radius 3 is 2.62 bits per heavy atom. The lowest BCUT2D eigenvalue weighted by Gasteiger charge is -2.39. The zero-order valence-corrected chi connectivity index (χ0v) is 15.7. The summed E-state index contributed by atoms with van der Waals surface area (Å²) in [6, 6.07) is 5.30. The molecule has 26 heavy (non-hydrogen) atoms. The van der Waals surface area contributed by atoms with Crippen molar-refractivity contribution in [1.82, 2.24) is 15.3 Å². The third kappa shape index (κ3) is 3.78. The minimum Gasteiger partial charge on any atom is -0.465 e. The van der Waals surface area contributed by atoms with E-state index in [1.165, 1.54) is 0 Å². The number of rotatable bonds is 3. The van der Waals surface area contributed by atoms with E-state index in [2.05, 4.69) is 15.3 Å². The molecule has 3 rings (SSSR count). The van der Waals surface area contributed by atoms with Gasteiger partial charge in [0, 0.05) is 36.0 Å². The van der Waals surface area contributed by atoms with Crippen molar-refractivity contribution in [3.63, 3.8) is 0 Å². The Hall–Kier alpha value is -2.25. The molecule has 2 heterocycles. The summed E-state index contributed by atoms with van der Waals surface area (Å²) in [5.41, 5.74) is 6.99. The minimum absolute atomic E-state index is 0.316. The number of hydrogen-bond acceptors (Lipinski definition) is 5.